The van der Waals surface area contributed by atoms with Crippen molar-refractivity contribution in [2.24, 2.45) is 5.73 Å². The Bertz CT molecular complexity index is 1180. The third kappa shape index (κ3) is 4.21. The zero-order chi connectivity index (χ0) is 23.8. The van der Waals surface area contributed by atoms with Gasteiger partial charge in [0.05, 0.1) is 31.8 Å². The van der Waals surface area contributed by atoms with Gasteiger partial charge in [0.1, 0.15) is 18.3 Å². The molecule has 2 fully saturated rings. The lowest BCUT2D eigenvalue weighted by Gasteiger charge is -2.17. The molecule has 0 bridgehead atoms. The number of anilines is 1. The highest BCUT2D eigenvalue weighted by Gasteiger charge is 2.44. The minimum absolute atomic E-state index is 0.0359. The first kappa shape index (κ1) is 22.6. The van der Waals surface area contributed by atoms with Gasteiger partial charge in [-0.2, -0.15) is 15.1 Å². The first-order valence-corrected chi connectivity index (χ1v) is 11.0. The van der Waals surface area contributed by atoms with Gasteiger partial charge in [-0.15, -0.1) is 0 Å². The largest absolute Gasteiger partial charge is 0.394 e. The Labute approximate surface area is 193 Å². The number of hydrogen-bond acceptors (Lipinski definition) is 11. The summed E-state index contributed by atoms with van der Waals surface area (Å²) in [5.74, 6) is 0.279. The van der Waals surface area contributed by atoms with Crippen molar-refractivity contribution in [1.29, 1.82) is 0 Å². The van der Waals surface area contributed by atoms with Gasteiger partial charge in [0, 0.05) is 19.2 Å². The van der Waals surface area contributed by atoms with Gasteiger partial charge in [0.2, 0.25) is 5.91 Å². The number of amides is 1. The molecule has 2 aliphatic heterocycles. The zero-order valence-corrected chi connectivity index (χ0v) is 18.2. The summed E-state index contributed by atoms with van der Waals surface area (Å²) in [6.07, 6.45) is 1.69. The van der Waals surface area contributed by atoms with Crippen LogP contribution in [0.15, 0.2) is 18.7 Å². The fraction of sp³-hybridized carbons (Fsp3) is 0.550. The van der Waals surface area contributed by atoms with Crippen LogP contribution in [-0.2, 0) is 20.7 Å². The molecule has 5 rings (SSSR count). The van der Waals surface area contributed by atoms with Crippen LogP contribution in [0.25, 0.3) is 17.1 Å². The molecule has 5 atom stereocenters. The lowest BCUT2D eigenvalue weighted by atomic mass is 10.1. The number of aromatic nitrogens is 6. The number of carbonyl (C=O) groups is 1. The Morgan fingerprint density at radius 1 is 1.29 bits per heavy atom. The van der Waals surface area contributed by atoms with Gasteiger partial charge >= 0.3 is 0 Å². The van der Waals surface area contributed by atoms with E-state index in [0.717, 1.165) is 12.0 Å². The summed E-state index contributed by atoms with van der Waals surface area (Å²) in [6, 6.07) is 0.0359. The number of carbonyl (C=O) groups excluding carboxylic acids is 1. The number of nitrogens with one attached hydrogen (secondary N) is 1. The molecule has 0 spiro atoms. The van der Waals surface area contributed by atoms with E-state index < -0.39 is 37.1 Å². The fourth-order valence-electron chi connectivity index (χ4n) is 4.11. The number of aryl methyl sites for hydroxylation is 1. The van der Waals surface area contributed by atoms with Crippen molar-refractivity contribution in [1.82, 2.24) is 29.3 Å². The number of nitrogens with two attached hydrogens (primary N) is 1. The summed E-state index contributed by atoms with van der Waals surface area (Å²) in [6.45, 7) is 0.713. The molecule has 0 radical (unpaired) electrons. The highest BCUT2D eigenvalue weighted by molar-refractivity contribution is 5.84. The summed E-state index contributed by atoms with van der Waals surface area (Å²) in [5, 5.41) is 37.8. The molecule has 182 valence electrons. The number of aliphatic hydroxyl groups is 3. The summed E-state index contributed by atoms with van der Waals surface area (Å²) in [5.41, 5.74) is 6.81. The van der Waals surface area contributed by atoms with Crippen molar-refractivity contribution in [2.75, 3.05) is 25.1 Å². The van der Waals surface area contributed by atoms with Crippen LogP contribution in [0, 0.1) is 0 Å². The summed E-state index contributed by atoms with van der Waals surface area (Å²) < 4.78 is 14.1. The maximum Gasteiger partial charge on any atom is 0.254 e. The monoisotopic (exact) mass is 474 g/mol. The quantitative estimate of drug-likeness (QED) is 0.248. The standard InChI is InChI=1S/C20H26N8O6/c21-13(30)2-1-10-5-23-28(6-10)20-25-17(24-11-3-4-33-8-11)14-18(26-20)27(9-22-14)19-16(32)15(31)12(7-29)34-19/h5-6,9,11-12,15-16,19,29,31-32H,1-4,7-8H2,(H2,21,30)(H,24,25,26)/t11-,12-,15-,16+,19-/m1/s1. The van der Waals surface area contributed by atoms with Crippen LogP contribution in [0.5, 0.6) is 0 Å². The van der Waals surface area contributed by atoms with Crippen molar-refractivity contribution in [2.45, 2.75) is 49.8 Å². The van der Waals surface area contributed by atoms with Crippen LogP contribution in [0.4, 0.5) is 5.82 Å². The minimum Gasteiger partial charge on any atom is -0.394 e. The van der Waals surface area contributed by atoms with Crippen LogP contribution in [-0.4, -0.2) is 94.7 Å². The molecule has 0 saturated carbocycles. The lowest BCUT2D eigenvalue weighted by molar-refractivity contribution is -0.117. The van der Waals surface area contributed by atoms with Gasteiger partial charge in [0.15, 0.2) is 23.2 Å². The second-order valence-electron chi connectivity index (χ2n) is 8.39. The van der Waals surface area contributed by atoms with Crippen LogP contribution < -0.4 is 11.1 Å². The van der Waals surface area contributed by atoms with Gasteiger partial charge in [-0.3, -0.25) is 9.36 Å². The lowest BCUT2D eigenvalue weighted by Crippen LogP contribution is -2.33. The number of nitrogens with zero attached hydrogens (tertiary/aromatic N) is 6. The molecule has 14 heteroatoms. The van der Waals surface area contributed by atoms with E-state index in [4.69, 9.17) is 15.2 Å². The third-order valence-electron chi connectivity index (χ3n) is 5.97. The third-order valence-corrected chi connectivity index (χ3v) is 5.97. The van der Waals surface area contributed by atoms with E-state index in [0.29, 0.717) is 36.6 Å². The topological polar surface area (TPSA) is 196 Å². The van der Waals surface area contributed by atoms with Crippen LogP contribution in [0.3, 0.4) is 0 Å². The Hall–Kier alpha value is -3.17. The second-order valence-corrected chi connectivity index (χ2v) is 8.39. The van der Waals surface area contributed by atoms with E-state index in [1.807, 2.05) is 0 Å². The molecule has 0 aromatic carbocycles. The second kappa shape index (κ2) is 9.23. The molecule has 2 aliphatic rings. The SMILES string of the molecule is NC(=O)CCc1cnn(-c2nc(N[C@@H]3CCOC3)c3ncn([C@@H]4O[C@H](CO)[C@@H](O)[C@@H]4O)c3n2)c1. The molecular formula is C20H26N8O6. The van der Waals surface area contributed by atoms with E-state index in [9.17, 15) is 20.1 Å². The number of rotatable bonds is 8. The highest BCUT2D eigenvalue weighted by atomic mass is 16.6. The maximum absolute atomic E-state index is 11.1. The van der Waals surface area contributed by atoms with Crippen molar-refractivity contribution in [3.8, 4) is 5.95 Å². The smallest absolute Gasteiger partial charge is 0.254 e. The van der Waals surface area contributed by atoms with Gasteiger partial charge in [-0.1, -0.05) is 0 Å². The summed E-state index contributed by atoms with van der Waals surface area (Å²) >= 11 is 0. The highest BCUT2D eigenvalue weighted by Crippen LogP contribution is 2.33. The average Bonchev–Trinajstić information content (AvgIpc) is 3.61. The summed E-state index contributed by atoms with van der Waals surface area (Å²) in [7, 11) is 0. The van der Waals surface area contributed by atoms with E-state index >= 15 is 0 Å². The molecule has 34 heavy (non-hydrogen) atoms. The number of ether oxygens (including phenoxy) is 2. The van der Waals surface area contributed by atoms with Crippen molar-refractivity contribution < 1.29 is 29.6 Å². The van der Waals surface area contributed by atoms with Gasteiger partial charge < -0.3 is 35.8 Å². The Morgan fingerprint density at radius 3 is 2.85 bits per heavy atom. The molecule has 1 amide bonds. The van der Waals surface area contributed by atoms with Crippen LogP contribution in [0.1, 0.15) is 24.6 Å². The first-order valence-electron chi connectivity index (χ1n) is 11.0. The maximum atomic E-state index is 11.1. The number of fused-ring (bicyclic) bond motifs is 1. The van der Waals surface area contributed by atoms with Crippen molar-refractivity contribution in [3.63, 3.8) is 0 Å². The minimum atomic E-state index is -1.29. The predicted molar refractivity (Wildman–Crippen MR) is 116 cm³/mol. The van der Waals surface area contributed by atoms with Gasteiger partial charge in [0.25, 0.3) is 5.95 Å². The van der Waals surface area contributed by atoms with E-state index in [1.54, 1.807) is 12.4 Å². The molecule has 3 aromatic heterocycles. The molecule has 0 unspecified atom stereocenters. The molecule has 14 nitrogen and oxygen atoms in total. The van der Waals surface area contributed by atoms with Crippen molar-refractivity contribution >= 4 is 22.9 Å². The van der Waals surface area contributed by atoms with E-state index in [1.165, 1.54) is 15.6 Å². The summed E-state index contributed by atoms with van der Waals surface area (Å²) in [4.78, 5) is 24.7. The Balaban J connectivity index is 1.55. The average molecular weight is 474 g/mol. The number of primary amides is 1. The molecule has 5 heterocycles. The Morgan fingerprint density at radius 2 is 2.15 bits per heavy atom. The number of imidazole rings is 1. The van der Waals surface area contributed by atoms with Crippen LogP contribution >= 0.6 is 0 Å². The van der Waals surface area contributed by atoms with E-state index in [-0.39, 0.29) is 18.4 Å². The zero-order valence-electron chi connectivity index (χ0n) is 18.2. The number of aliphatic hydroxyl groups excluding tert-OH is 3. The molecule has 0 aliphatic carbocycles. The molecular weight excluding hydrogens is 448 g/mol. The normalized spacial score (nSPS) is 27.0. The molecule has 3 aromatic rings. The first-order chi connectivity index (χ1) is 16.4. The Kier molecular flexibility index (Phi) is 6.14. The van der Waals surface area contributed by atoms with Gasteiger partial charge in [-0.25, -0.2) is 9.67 Å². The van der Waals surface area contributed by atoms with Crippen molar-refractivity contribution in [3.05, 3.63) is 24.3 Å². The predicted octanol–water partition coefficient (Wildman–Crippen LogP) is -1.76. The fourth-order valence-corrected chi connectivity index (χ4v) is 4.11. The van der Waals surface area contributed by atoms with E-state index in [2.05, 4.69) is 25.4 Å². The van der Waals surface area contributed by atoms with Gasteiger partial charge in [-0.05, 0) is 18.4 Å². The van der Waals surface area contributed by atoms with Crippen LogP contribution in [0.2, 0.25) is 0 Å². The molecule has 2 saturated heterocycles. The molecule has 6 N–H and O–H groups in total. The number of hydrogen-bond donors (Lipinski definition) is 5.